The van der Waals surface area contributed by atoms with Crippen molar-refractivity contribution in [2.45, 2.75) is 70.1 Å². The Labute approximate surface area is 385 Å². The number of benzene rings is 3. The first-order valence-corrected chi connectivity index (χ1v) is 23.2. The molecular weight excluding hydrogens is 869 g/mol. The number of carbonyl (C=O) groups excluding carboxylic acids is 3. The highest BCUT2D eigenvalue weighted by Gasteiger charge is 2.28. The third-order valence-corrected chi connectivity index (χ3v) is 13.5. The molecule has 3 aromatic carbocycles. The van der Waals surface area contributed by atoms with E-state index in [0.29, 0.717) is 61.7 Å². The van der Waals surface area contributed by atoms with Crippen molar-refractivity contribution in [3.63, 3.8) is 0 Å². The van der Waals surface area contributed by atoms with E-state index in [9.17, 15) is 28.8 Å². The lowest BCUT2D eigenvalue weighted by atomic mass is 9.94. The zero-order chi connectivity index (χ0) is 46.2. The van der Waals surface area contributed by atoms with Crippen LogP contribution in [0.5, 0.6) is 11.5 Å². The minimum atomic E-state index is -0.907. The number of nitriles is 1. The largest absolute Gasteiger partial charge is 0.453 e. The molecule has 3 fully saturated rings. The SMILES string of the molecule is CNC(=O)CCCC=O.N#Cc1c(NSN2CCC(F)C2)ccc(F)c1Oc1ccc2ncn(-c3ccn(C4CCN(CC5CCN(c6ccc7c(c6)CNC7=O)CC5)CC4)n3)c(=O)c2c1. The van der Waals surface area contributed by atoms with Gasteiger partial charge < -0.3 is 34.7 Å². The zero-order valence-corrected chi connectivity index (χ0v) is 37.6. The van der Waals surface area contributed by atoms with E-state index in [1.54, 1.807) is 23.5 Å². The predicted molar refractivity (Wildman–Crippen MR) is 248 cm³/mol. The summed E-state index contributed by atoms with van der Waals surface area (Å²) in [6.07, 6.45) is 9.51. The second kappa shape index (κ2) is 21.3. The van der Waals surface area contributed by atoms with E-state index in [-0.39, 0.29) is 52.4 Å². The molecule has 4 aliphatic rings. The summed E-state index contributed by atoms with van der Waals surface area (Å²) in [5.74, 6) is 0.261. The van der Waals surface area contributed by atoms with Gasteiger partial charge >= 0.3 is 0 Å². The Bertz CT molecular complexity index is 2660. The molecule has 0 aliphatic carbocycles. The van der Waals surface area contributed by atoms with Gasteiger partial charge in [0.15, 0.2) is 17.4 Å². The fourth-order valence-corrected chi connectivity index (χ4v) is 9.67. The molecule has 16 nitrogen and oxygen atoms in total. The number of nitrogens with zero attached hydrogens (tertiary/aromatic N) is 8. The maximum Gasteiger partial charge on any atom is 0.267 e. The second-order valence-electron chi connectivity index (χ2n) is 17.0. The number of hydrogen-bond acceptors (Lipinski definition) is 13. The summed E-state index contributed by atoms with van der Waals surface area (Å²) in [6, 6.07) is 17.5. The summed E-state index contributed by atoms with van der Waals surface area (Å²) in [4.78, 5) is 55.5. The lowest BCUT2D eigenvalue weighted by Gasteiger charge is -2.38. The Kier molecular flexibility index (Phi) is 14.9. The molecule has 2 aromatic heterocycles. The number of nitrogens with one attached hydrogen (secondary N) is 3. The first-order valence-electron chi connectivity index (χ1n) is 22.4. The van der Waals surface area contributed by atoms with Crippen LogP contribution in [0.2, 0.25) is 0 Å². The monoisotopic (exact) mass is 921 g/mol. The number of alkyl halides is 1. The van der Waals surface area contributed by atoms with Crippen molar-refractivity contribution in [1.82, 2.24) is 39.2 Å². The molecule has 2 amide bonds. The average Bonchev–Trinajstić information content (AvgIpc) is 4.10. The number of aldehydes is 1. The summed E-state index contributed by atoms with van der Waals surface area (Å²) < 4.78 is 42.8. The number of anilines is 2. The first-order chi connectivity index (χ1) is 32.1. The van der Waals surface area contributed by atoms with Crippen LogP contribution in [0.4, 0.5) is 20.2 Å². The van der Waals surface area contributed by atoms with E-state index in [1.807, 2.05) is 29.1 Å². The summed E-state index contributed by atoms with van der Waals surface area (Å²) in [7, 11) is 1.59. The number of fused-ring (bicyclic) bond motifs is 2. The van der Waals surface area contributed by atoms with Crippen molar-refractivity contribution < 1.29 is 27.9 Å². The fraction of sp³-hybridized carbons (Fsp3) is 0.426. The molecule has 0 bridgehead atoms. The molecule has 3 N–H and O–H groups in total. The van der Waals surface area contributed by atoms with E-state index in [2.05, 4.69) is 42.3 Å². The van der Waals surface area contributed by atoms with Gasteiger partial charge in [0, 0.05) is 108 Å². The molecule has 1 atom stereocenters. The molecule has 0 radical (unpaired) electrons. The predicted octanol–water partition coefficient (Wildman–Crippen LogP) is 6.30. The van der Waals surface area contributed by atoms with Gasteiger partial charge in [-0.2, -0.15) is 10.4 Å². The van der Waals surface area contributed by atoms with Crippen molar-refractivity contribution in [2.24, 2.45) is 5.92 Å². The number of likely N-dealkylation sites (tertiary alicyclic amines) is 1. The zero-order valence-electron chi connectivity index (χ0n) is 36.8. The van der Waals surface area contributed by atoms with Gasteiger partial charge in [-0.25, -0.2) is 22.6 Å². The summed E-state index contributed by atoms with van der Waals surface area (Å²) in [5, 5.41) is 20.4. The van der Waals surface area contributed by atoms with Gasteiger partial charge in [-0.15, -0.1) is 0 Å². The van der Waals surface area contributed by atoms with E-state index in [4.69, 9.17) is 9.84 Å². The van der Waals surface area contributed by atoms with Crippen LogP contribution in [-0.2, 0) is 16.1 Å². The third kappa shape index (κ3) is 10.8. The van der Waals surface area contributed by atoms with Gasteiger partial charge in [0.2, 0.25) is 5.91 Å². The number of hydrogen-bond donors (Lipinski definition) is 3. The van der Waals surface area contributed by atoms with Crippen LogP contribution in [-0.4, -0.2) is 106 Å². The minimum Gasteiger partial charge on any atom is -0.453 e. The van der Waals surface area contributed by atoms with Crippen LogP contribution in [0, 0.1) is 23.1 Å². The van der Waals surface area contributed by atoms with Crippen LogP contribution in [0.15, 0.2) is 71.9 Å². The third-order valence-electron chi connectivity index (χ3n) is 12.6. The highest BCUT2D eigenvalue weighted by Crippen LogP contribution is 2.36. The summed E-state index contributed by atoms with van der Waals surface area (Å²) in [5.41, 5.74) is 3.44. The molecule has 3 saturated heterocycles. The number of carbonyl (C=O) groups is 3. The van der Waals surface area contributed by atoms with Crippen molar-refractivity contribution >= 4 is 52.5 Å². The first kappa shape index (κ1) is 46.2. The Morgan fingerprint density at radius 1 is 1.03 bits per heavy atom. The van der Waals surface area contributed by atoms with Crippen LogP contribution >= 0.6 is 12.1 Å². The van der Waals surface area contributed by atoms with Gasteiger partial charge in [-0.05, 0) is 98.5 Å². The quantitative estimate of drug-likeness (QED) is 0.0642. The van der Waals surface area contributed by atoms with Crippen LogP contribution in [0.3, 0.4) is 0 Å². The lowest BCUT2D eigenvalue weighted by Crippen LogP contribution is -2.42. The van der Waals surface area contributed by atoms with E-state index in [0.717, 1.165) is 88.0 Å². The minimum absolute atomic E-state index is 0.00292. The number of rotatable bonds is 14. The molecule has 1 unspecified atom stereocenters. The molecule has 9 rings (SSSR count). The summed E-state index contributed by atoms with van der Waals surface area (Å²) >= 11 is 1.16. The van der Waals surface area contributed by atoms with E-state index in [1.165, 1.54) is 34.8 Å². The smallest absolute Gasteiger partial charge is 0.267 e. The molecule has 4 aliphatic heterocycles. The maximum absolute atomic E-state index is 15.1. The van der Waals surface area contributed by atoms with Crippen molar-refractivity contribution in [3.8, 4) is 23.4 Å². The van der Waals surface area contributed by atoms with E-state index < -0.39 is 12.0 Å². The highest BCUT2D eigenvalue weighted by atomic mass is 32.2. The molecule has 0 spiro atoms. The van der Waals surface area contributed by atoms with Crippen LogP contribution in [0.1, 0.15) is 78.9 Å². The number of aromatic nitrogens is 4. The number of ether oxygens (including phenoxy) is 1. The molecule has 66 heavy (non-hydrogen) atoms. The molecule has 346 valence electrons. The van der Waals surface area contributed by atoms with Crippen LogP contribution < -0.4 is 30.6 Å². The van der Waals surface area contributed by atoms with Crippen LogP contribution in [0.25, 0.3) is 16.7 Å². The summed E-state index contributed by atoms with van der Waals surface area (Å²) in [6.45, 7) is 6.51. The molecule has 5 aromatic rings. The topological polar surface area (TPSA) is 183 Å². The number of halogens is 2. The standard InChI is InChI=1S/C41H42F2N10O3S.C6H11NO2/c42-28-9-17-51(24-28)57-48-37-6-4-35(43)39(34(37)21-44)56-31-2-5-36-33(20-31)41(55)52(25-46-36)38-12-18-53(47-38)29-10-13-49(14-11-29)23-26-7-15-50(16-8-26)30-1-3-32-27(19-30)22-45-40(32)54;1-7-6(9)4-2-3-5-8/h1-6,12,18-20,25-26,28-29,48H,7-11,13-17,22-24H2,(H,45,54);5H,2-4H2,1H3,(H,7,9). The second-order valence-corrected chi connectivity index (χ2v) is 17.9. The van der Waals surface area contributed by atoms with Gasteiger partial charge in [-0.3, -0.25) is 19.1 Å². The van der Waals surface area contributed by atoms with Crippen molar-refractivity contribution in [3.05, 3.63) is 100.0 Å². The van der Waals surface area contributed by atoms with Gasteiger partial charge in [0.1, 0.15) is 36.2 Å². The number of unbranched alkanes of at least 4 members (excludes halogenated alkanes) is 1. The Morgan fingerprint density at radius 2 is 1.85 bits per heavy atom. The number of amides is 2. The molecule has 0 saturated carbocycles. The van der Waals surface area contributed by atoms with Gasteiger partial charge in [0.25, 0.3) is 11.5 Å². The molecule has 19 heteroatoms. The molecular formula is C47H53F2N11O5S. The lowest BCUT2D eigenvalue weighted by molar-refractivity contribution is -0.120. The molecule has 6 heterocycles. The Hall–Kier alpha value is -6.36. The van der Waals surface area contributed by atoms with Crippen molar-refractivity contribution in [1.29, 1.82) is 5.26 Å². The Morgan fingerprint density at radius 3 is 2.59 bits per heavy atom. The van der Waals surface area contributed by atoms with Gasteiger partial charge in [-0.1, -0.05) is 0 Å². The average molecular weight is 922 g/mol. The van der Waals surface area contributed by atoms with E-state index >= 15 is 4.39 Å². The van der Waals surface area contributed by atoms with Gasteiger partial charge in [0.05, 0.1) is 22.6 Å². The fourth-order valence-electron chi connectivity index (χ4n) is 8.83. The number of piperidine rings is 2. The highest BCUT2D eigenvalue weighted by molar-refractivity contribution is 7.98. The maximum atomic E-state index is 15.1. The normalized spacial score (nSPS) is 18.0. The van der Waals surface area contributed by atoms with Crippen molar-refractivity contribution in [2.75, 3.05) is 62.5 Å². The Balaban J connectivity index is 0.000000597.